The van der Waals surface area contributed by atoms with Crippen LogP contribution < -0.4 is 5.48 Å². The number of hydrogen-bond acceptors (Lipinski definition) is 5. The minimum atomic E-state index is -4.82. The van der Waals surface area contributed by atoms with Crippen LogP contribution in [0.4, 0.5) is 19.2 Å². The normalized spacial score (nSPS) is 11.5. The molecule has 5 nitrogen and oxygen atoms in total. The second kappa shape index (κ2) is 4.42. The molecule has 0 atom stereocenters. The summed E-state index contributed by atoms with van der Waals surface area (Å²) in [6, 6.07) is 8.15. The molecule has 1 N–H and O–H groups in total. The summed E-state index contributed by atoms with van der Waals surface area (Å²) in [4.78, 5) is 3.32. The largest absolute Gasteiger partial charge is 0.543 e. The highest BCUT2D eigenvalue weighted by molar-refractivity contribution is 5.52. The molecule has 0 fully saturated rings. The van der Waals surface area contributed by atoms with Crippen LogP contribution in [0.5, 0.6) is 0 Å². The van der Waals surface area contributed by atoms with Crippen LogP contribution in [0.25, 0.3) is 11.5 Å². The Balaban J connectivity index is 2.07. The van der Waals surface area contributed by atoms with E-state index in [0.29, 0.717) is 5.56 Å². The van der Waals surface area contributed by atoms with Crippen LogP contribution in [-0.2, 0) is 4.84 Å². The molecule has 0 amide bonds. The van der Waals surface area contributed by atoms with E-state index in [-0.39, 0.29) is 5.89 Å². The lowest BCUT2D eigenvalue weighted by atomic mass is 10.2. The first kappa shape index (κ1) is 11.4. The van der Waals surface area contributed by atoms with Gasteiger partial charge in [-0.25, -0.2) is 5.48 Å². The molecule has 1 aromatic carbocycles. The fourth-order valence-corrected chi connectivity index (χ4v) is 1.06. The molecule has 17 heavy (non-hydrogen) atoms. The number of alkyl halides is 3. The molecule has 1 heterocycles. The lowest BCUT2D eigenvalue weighted by Crippen LogP contribution is -2.18. The van der Waals surface area contributed by atoms with Gasteiger partial charge in [-0.3, -0.25) is 0 Å². The average molecular weight is 245 g/mol. The van der Waals surface area contributed by atoms with Gasteiger partial charge in [-0.15, -0.1) is 18.3 Å². The zero-order valence-electron chi connectivity index (χ0n) is 8.23. The lowest BCUT2D eigenvalue weighted by Gasteiger charge is -2.04. The third-order valence-corrected chi connectivity index (χ3v) is 1.70. The van der Waals surface area contributed by atoms with Gasteiger partial charge < -0.3 is 4.42 Å². The fraction of sp³-hybridized carbons (Fsp3) is 0.111. The number of hydrogen-bond donors (Lipinski definition) is 1. The monoisotopic (exact) mass is 245 g/mol. The zero-order valence-corrected chi connectivity index (χ0v) is 8.23. The van der Waals surface area contributed by atoms with Gasteiger partial charge in [0, 0.05) is 5.56 Å². The summed E-state index contributed by atoms with van der Waals surface area (Å²) in [5.41, 5.74) is 2.11. The van der Waals surface area contributed by atoms with Crippen LogP contribution in [-0.4, -0.2) is 16.6 Å². The quantitative estimate of drug-likeness (QED) is 0.842. The molecule has 2 aromatic rings. The van der Waals surface area contributed by atoms with Crippen molar-refractivity contribution < 1.29 is 22.4 Å². The van der Waals surface area contributed by atoms with E-state index in [1.54, 1.807) is 30.3 Å². The lowest BCUT2D eigenvalue weighted by molar-refractivity contribution is -0.312. The second-order valence-corrected chi connectivity index (χ2v) is 2.93. The first-order valence-electron chi connectivity index (χ1n) is 4.44. The number of nitrogens with zero attached hydrogens (tertiary/aromatic N) is 2. The molecule has 0 spiro atoms. The maximum atomic E-state index is 11.7. The maximum absolute atomic E-state index is 11.7. The minimum absolute atomic E-state index is 0.0962. The van der Waals surface area contributed by atoms with Gasteiger partial charge >= 0.3 is 12.4 Å². The van der Waals surface area contributed by atoms with Gasteiger partial charge in [-0.2, -0.15) is 4.84 Å². The predicted octanol–water partition coefficient (Wildman–Crippen LogP) is 2.60. The standard InChI is InChI=1S/C9H6F3N3O2/c10-9(11,12)17-15-8-14-13-7(16-8)6-4-2-1-3-5-6/h1-5H,(H,14,15). The zero-order chi connectivity index (χ0) is 12.3. The highest BCUT2D eigenvalue weighted by Gasteiger charge is 2.31. The third-order valence-electron chi connectivity index (χ3n) is 1.70. The molecule has 0 saturated heterocycles. The van der Waals surface area contributed by atoms with Crippen molar-refractivity contribution in [1.29, 1.82) is 0 Å². The summed E-state index contributed by atoms with van der Waals surface area (Å²) in [6.07, 6.45) is -4.82. The summed E-state index contributed by atoms with van der Waals surface area (Å²) in [5, 5.41) is 6.90. The highest BCUT2D eigenvalue weighted by Crippen LogP contribution is 2.21. The molecule has 90 valence electrons. The van der Waals surface area contributed by atoms with Crippen LogP contribution in [0.2, 0.25) is 0 Å². The Bertz CT molecular complexity index is 484. The molecule has 0 aliphatic carbocycles. The molecule has 2 rings (SSSR count). The first-order chi connectivity index (χ1) is 8.04. The maximum Gasteiger partial charge on any atom is 0.543 e. The summed E-state index contributed by atoms with van der Waals surface area (Å²) in [6.45, 7) is 0. The molecule has 0 unspecified atom stereocenters. The van der Waals surface area contributed by atoms with E-state index in [1.807, 2.05) is 0 Å². The van der Waals surface area contributed by atoms with Gasteiger partial charge in [0.25, 0.3) is 0 Å². The highest BCUT2D eigenvalue weighted by atomic mass is 19.4. The Morgan fingerprint density at radius 3 is 2.47 bits per heavy atom. The van der Waals surface area contributed by atoms with Gasteiger partial charge in [0.05, 0.1) is 0 Å². The Morgan fingerprint density at radius 2 is 1.82 bits per heavy atom. The number of aromatic nitrogens is 2. The molecule has 1 aromatic heterocycles. The number of anilines is 1. The van der Waals surface area contributed by atoms with E-state index >= 15 is 0 Å². The Hall–Kier alpha value is -2.09. The summed E-state index contributed by atoms with van der Waals surface area (Å²) in [7, 11) is 0. The Labute approximate surface area is 93.2 Å². The van der Waals surface area contributed by atoms with Gasteiger partial charge in [0.2, 0.25) is 5.89 Å². The van der Waals surface area contributed by atoms with Gasteiger partial charge in [-0.05, 0) is 12.1 Å². The smallest absolute Gasteiger partial charge is 0.402 e. The van der Waals surface area contributed by atoms with E-state index in [2.05, 4.69) is 15.0 Å². The van der Waals surface area contributed by atoms with E-state index in [4.69, 9.17) is 4.42 Å². The van der Waals surface area contributed by atoms with Crippen LogP contribution >= 0.6 is 0 Å². The van der Waals surface area contributed by atoms with Crippen molar-refractivity contribution in [2.24, 2.45) is 0 Å². The van der Waals surface area contributed by atoms with Crippen molar-refractivity contribution >= 4 is 6.01 Å². The second-order valence-electron chi connectivity index (χ2n) is 2.93. The van der Waals surface area contributed by atoms with Crippen LogP contribution in [0.1, 0.15) is 0 Å². The van der Waals surface area contributed by atoms with Crippen molar-refractivity contribution in [3.8, 4) is 11.5 Å². The molecular formula is C9H6F3N3O2. The predicted molar refractivity (Wildman–Crippen MR) is 50.5 cm³/mol. The van der Waals surface area contributed by atoms with Crippen molar-refractivity contribution in [2.45, 2.75) is 6.36 Å². The molecule has 8 heteroatoms. The first-order valence-corrected chi connectivity index (χ1v) is 4.44. The molecule has 0 bridgehead atoms. The van der Waals surface area contributed by atoms with E-state index in [0.717, 1.165) is 0 Å². The molecule has 0 saturated carbocycles. The Morgan fingerprint density at radius 1 is 1.12 bits per heavy atom. The topological polar surface area (TPSA) is 60.2 Å². The number of halogens is 3. The summed E-state index contributed by atoms with van der Waals surface area (Å²) < 4.78 is 40.0. The van der Waals surface area contributed by atoms with Crippen LogP contribution in [0.3, 0.4) is 0 Å². The van der Waals surface area contributed by atoms with Gasteiger partial charge in [0.1, 0.15) is 0 Å². The SMILES string of the molecule is FC(F)(F)ONc1nnc(-c2ccccc2)o1. The van der Waals surface area contributed by atoms with E-state index in [1.165, 1.54) is 5.48 Å². The number of nitrogens with one attached hydrogen (secondary N) is 1. The van der Waals surface area contributed by atoms with E-state index in [9.17, 15) is 13.2 Å². The summed E-state index contributed by atoms with van der Waals surface area (Å²) in [5.74, 6) is 0.0962. The summed E-state index contributed by atoms with van der Waals surface area (Å²) >= 11 is 0. The van der Waals surface area contributed by atoms with Crippen molar-refractivity contribution in [3.63, 3.8) is 0 Å². The van der Waals surface area contributed by atoms with Gasteiger partial charge in [0.15, 0.2) is 0 Å². The third kappa shape index (κ3) is 3.18. The van der Waals surface area contributed by atoms with Crippen molar-refractivity contribution in [1.82, 2.24) is 10.2 Å². The number of benzene rings is 1. The van der Waals surface area contributed by atoms with Crippen LogP contribution in [0, 0.1) is 0 Å². The van der Waals surface area contributed by atoms with E-state index < -0.39 is 12.4 Å². The average Bonchev–Trinajstić information content (AvgIpc) is 2.75. The Kier molecular flexibility index (Phi) is 2.96. The number of rotatable bonds is 3. The van der Waals surface area contributed by atoms with Crippen molar-refractivity contribution in [3.05, 3.63) is 30.3 Å². The van der Waals surface area contributed by atoms with Crippen molar-refractivity contribution in [2.75, 3.05) is 5.48 Å². The fourth-order valence-electron chi connectivity index (χ4n) is 1.06. The van der Waals surface area contributed by atoms with Gasteiger partial charge in [-0.1, -0.05) is 23.3 Å². The molecule has 0 aliphatic rings. The minimum Gasteiger partial charge on any atom is -0.402 e. The molecule has 0 radical (unpaired) electrons. The van der Waals surface area contributed by atoms with Crippen LogP contribution in [0.15, 0.2) is 34.7 Å². The molecular weight excluding hydrogens is 239 g/mol. The molecule has 0 aliphatic heterocycles.